The number of aromatic nitrogens is 1. The molecule has 2 aromatic rings. The number of benzene rings is 1. The number of nitrogens with one attached hydrogen (secondary N) is 1. The molecule has 5 nitrogen and oxygen atoms in total. The summed E-state index contributed by atoms with van der Waals surface area (Å²) in [6, 6.07) is 7.21. The van der Waals surface area contributed by atoms with Gasteiger partial charge in [-0.1, -0.05) is 11.6 Å². The van der Waals surface area contributed by atoms with Gasteiger partial charge in [0, 0.05) is 36.1 Å². The summed E-state index contributed by atoms with van der Waals surface area (Å²) < 4.78 is 0. The molecule has 0 spiro atoms. The van der Waals surface area contributed by atoms with Crippen molar-refractivity contribution < 1.29 is 4.79 Å². The maximum atomic E-state index is 13.0. The maximum absolute atomic E-state index is 13.0. The van der Waals surface area contributed by atoms with E-state index in [0.717, 1.165) is 10.9 Å². The minimum absolute atomic E-state index is 0.0569. The molecule has 4 rings (SSSR count). The molecule has 1 aliphatic carbocycles. The van der Waals surface area contributed by atoms with Crippen molar-refractivity contribution in [3.63, 3.8) is 0 Å². The topological polar surface area (TPSA) is 79.2 Å². The predicted octanol–water partition coefficient (Wildman–Crippen LogP) is 1.65. The van der Waals surface area contributed by atoms with Crippen LogP contribution >= 0.6 is 0 Å². The van der Waals surface area contributed by atoms with Gasteiger partial charge in [-0.15, -0.1) is 0 Å². The minimum atomic E-state index is -0.244. The molecule has 3 N–H and O–H groups in total. The summed E-state index contributed by atoms with van der Waals surface area (Å²) in [6.45, 7) is 3.28. The normalized spacial score (nSPS) is 24.3. The third-order valence-corrected chi connectivity index (χ3v) is 5.16. The number of hydrogen-bond donors (Lipinski definition) is 2. The van der Waals surface area contributed by atoms with Crippen LogP contribution in [-0.4, -0.2) is 34.9 Å². The minimum Gasteiger partial charge on any atom is -0.337 e. The highest BCUT2D eigenvalue weighted by atomic mass is 16.2. The van der Waals surface area contributed by atoms with Crippen LogP contribution in [0.4, 0.5) is 0 Å². The zero-order valence-electron chi connectivity index (χ0n) is 13.2. The van der Waals surface area contributed by atoms with Crippen LogP contribution in [0.5, 0.6) is 0 Å². The number of carbonyl (C=O) groups is 1. The number of rotatable bonds is 2. The molecule has 1 amide bonds. The summed E-state index contributed by atoms with van der Waals surface area (Å²) in [6.07, 6.45) is 2.46. The van der Waals surface area contributed by atoms with E-state index >= 15 is 0 Å². The monoisotopic (exact) mass is 311 g/mol. The standard InChI is InChI=1S/C18H21N3O2/c1-10-2-5-16-12(6-10)13(7-17(22)20-16)18(23)21-8-14(11-3-4-11)15(19)9-21/h2,5-7,11,14-15H,3-4,8-9,19H2,1H3,(H,20,22)/t14-,15+/m0/s1. The van der Waals surface area contributed by atoms with Crippen molar-refractivity contribution in [1.29, 1.82) is 0 Å². The molecule has 2 aliphatic rings. The Morgan fingerprint density at radius 1 is 1.26 bits per heavy atom. The molecular weight excluding hydrogens is 290 g/mol. The lowest BCUT2D eigenvalue weighted by Crippen LogP contribution is -2.33. The van der Waals surface area contributed by atoms with Crippen LogP contribution in [0, 0.1) is 18.8 Å². The molecule has 1 aliphatic heterocycles. The highest BCUT2D eigenvalue weighted by molar-refractivity contribution is 6.06. The van der Waals surface area contributed by atoms with E-state index in [4.69, 9.17) is 5.73 Å². The van der Waals surface area contributed by atoms with Gasteiger partial charge >= 0.3 is 0 Å². The number of aromatic amines is 1. The molecule has 1 aromatic carbocycles. The van der Waals surface area contributed by atoms with Crippen molar-refractivity contribution in [3.05, 3.63) is 45.7 Å². The van der Waals surface area contributed by atoms with Gasteiger partial charge in [-0.2, -0.15) is 0 Å². The number of H-pyrrole nitrogens is 1. The second-order valence-electron chi connectivity index (χ2n) is 6.97. The van der Waals surface area contributed by atoms with Crippen LogP contribution in [-0.2, 0) is 0 Å². The number of hydrogen-bond acceptors (Lipinski definition) is 3. The predicted molar refractivity (Wildman–Crippen MR) is 89.4 cm³/mol. The van der Waals surface area contributed by atoms with Crippen LogP contribution in [0.25, 0.3) is 10.9 Å². The lowest BCUT2D eigenvalue weighted by molar-refractivity contribution is 0.0786. The van der Waals surface area contributed by atoms with Gasteiger partial charge < -0.3 is 15.6 Å². The first-order valence-corrected chi connectivity index (χ1v) is 8.21. The highest BCUT2D eigenvalue weighted by Crippen LogP contribution is 2.41. The zero-order valence-corrected chi connectivity index (χ0v) is 13.2. The average Bonchev–Trinajstić information content (AvgIpc) is 3.29. The Labute approximate surface area is 134 Å². The first-order valence-electron chi connectivity index (χ1n) is 8.21. The Bertz CT molecular complexity index is 838. The molecule has 2 fully saturated rings. The summed E-state index contributed by atoms with van der Waals surface area (Å²) in [7, 11) is 0. The summed E-state index contributed by atoms with van der Waals surface area (Å²) in [5, 5.41) is 0.804. The van der Waals surface area contributed by atoms with Gasteiger partial charge in [-0.3, -0.25) is 9.59 Å². The second kappa shape index (κ2) is 5.20. The van der Waals surface area contributed by atoms with Gasteiger partial charge in [0.1, 0.15) is 0 Å². The van der Waals surface area contributed by atoms with Gasteiger partial charge in [0.25, 0.3) is 5.91 Å². The van der Waals surface area contributed by atoms with Gasteiger partial charge in [-0.05, 0) is 43.7 Å². The fourth-order valence-electron chi connectivity index (χ4n) is 3.76. The Morgan fingerprint density at radius 3 is 2.78 bits per heavy atom. The average molecular weight is 311 g/mol. The van der Waals surface area contributed by atoms with Crippen molar-refractivity contribution >= 4 is 16.8 Å². The molecule has 0 bridgehead atoms. The lowest BCUT2D eigenvalue weighted by Gasteiger charge is -2.17. The van der Waals surface area contributed by atoms with Crippen molar-refractivity contribution in [2.24, 2.45) is 17.6 Å². The molecule has 0 radical (unpaired) electrons. The van der Waals surface area contributed by atoms with Gasteiger partial charge in [0.05, 0.1) is 5.56 Å². The maximum Gasteiger partial charge on any atom is 0.254 e. The zero-order chi connectivity index (χ0) is 16.1. The molecule has 5 heteroatoms. The third-order valence-electron chi connectivity index (χ3n) is 5.16. The fraction of sp³-hybridized carbons (Fsp3) is 0.444. The number of likely N-dealkylation sites (tertiary alicyclic amines) is 1. The van der Waals surface area contributed by atoms with Crippen molar-refractivity contribution in [3.8, 4) is 0 Å². The molecule has 0 unspecified atom stereocenters. The van der Waals surface area contributed by atoms with Gasteiger partial charge in [0.2, 0.25) is 5.56 Å². The van der Waals surface area contributed by atoms with E-state index < -0.39 is 0 Å². The van der Waals surface area contributed by atoms with Crippen LogP contribution in [0.2, 0.25) is 0 Å². The molecule has 23 heavy (non-hydrogen) atoms. The molecule has 2 atom stereocenters. The summed E-state index contributed by atoms with van der Waals surface area (Å²) in [5.74, 6) is 1.01. The largest absolute Gasteiger partial charge is 0.337 e. The molecule has 1 saturated carbocycles. The summed E-state index contributed by atoms with van der Waals surface area (Å²) >= 11 is 0. The first-order chi connectivity index (χ1) is 11.0. The van der Waals surface area contributed by atoms with Crippen LogP contribution in [0.3, 0.4) is 0 Å². The van der Waals surface area contributed by atoms with Crippen LogP contribution < -0.4 is 11.3 Å². The Kier molecular flexibility index (Phi) is 3.27. The molecule has 1 saturated heterocycles. The Morgan fingerprint density at radius 2 is 2.04 bits per heavy atom. The number of nitrogens with zero attached hydrogens (tertiary/aromatic N) is 1. The van der Waals surface area contributed by atoms with Crippen molar-refractivity contribution in [2.75, 3.05) is 13.1 Å². The van der Waals surface area contributed by atoms with Gasteiger partial charge in [0.15, 0.2) is 0 Å². The van der Waals surface area contributed by atoms with E-state index in [9.17, 15) is 9.59 Å². The summed E-state index contributed by atoms with van der Waals surface area (Å²) in [5.41, 5.74) is 8.24. The van der Waals surface area contributed by atoms with E-state index in [1.54, 1.807) is 0 Å². The second-order valence-corrected chi connectivity index (χ2v) is 6.97. The number of aryl methyl sites for hydroxylation is 1. The lowest BCUT2D eigenvalue weighted by atomic mass is 9.99. The Balaban J connectivity index is 1.72. The van der Waals surface area contributed by atoms with E-state index in [1.807, 2.05) is 30.0 Å². The van der Waals surface area contributed by atoms with E-state index in [2.05, 4.69) is 4.98 Å². The third kappa shape index (κ3) is 2.55. The quantitative estimate of drug-likeness (QED) is 0.885. The molecule has 1 aromatic heterocycles. The van der Waals surface area contributed by atoms with Crippen LogP contribution in [0.1, 0.15) is 28.8 Å². The van der Waals surface area contributed by atoms with Crippen LogP contribution in [0.15, 0.2) is 29.1 Å². The van der Waals surface area contributed by atoms with Gasteiger partial charge in [-0.25, -0.2) is 0 Å². The number of fused-ring (bicyclic) bond motifs is 1. The smallest absolute Gasteiger partial charge is 0.254 e. The number of nitrogens with two attached hydrogens (primary N) is 1. The van der Waals surface area contributed by atoms with E-state index in [0.29, 0.717) is 36.0 Å². The number of pyridine rings is 1. The molecule has 2 heterocycles. The summed E-state index contributed by atoms with van der Waals surface area (Å²) in [4.78, 5) is 29.5. The first kappa shape index (κ1) is 14.5. The van der Waals surface area contributed by atoms with Crippen molar-refractivity contribution in [1.82, 2.24) is 9.88 Å². The highest BCUT2D eigenvalue weighted by Gasteiger charge is 2.42. The molecule has 120 valence electrons. The van der Waals surface area contributed by atoms with Crippen molar-refractivity contribution in [2.45, 2.75) is 25.8 Å². The molecular formula is C18H21N3O2. The van der Waals surface area contributed by atoms with E-state index in [1.165, 1.54) is 18.9 Å². The Hall–Kier alpha value is -2.14. The number of amides is 1. The SMILES string of the molecule is Cc1ccc2[nH]c(=O)cc(C(=O)N3C[C@@H](N)[C@H](C4CC4)C3)c2c1. The van der Waals surface area contributed by atoms with E-state index in [-0.39, 0.29) is 17.5 Å². The fourth-order valence-corrected chi connectivity index (χ4v) is 3.76. The number of carbonyl (C=O) groups excluding carboxylic acids is 1.